The van der Waals surface area contributed by atoms with E-state index in [4.69, 9.17) is 0 Å². The van der Waals surface area contributed by atoms with Crippen molar-refractivity contribution < 1.29 is 4.79 Å². The van der Waals surface area contributed by atoms with Crippen molar-refractivity contribution >= 4 is 20.4 Å². The van der Waals surface area contributed by atoms with E-state index in [0.717, 1.165) is 18.9 Å². The molecule has 1 aromatic rings. The first-order chi connectivity index (χ1) is 6.74. The van der Waals surface area contributed by atoms with Gasteiger partial charge >= 0.3 is 86.8 Å². The van der Waals surface area contributed by atoms with E-state index < -0.39 is 0 Å². The van der Waals surface area contributed by atoms with E-state index in [1.54, 1.807) is 0 Å². The standard InChI is InChI=1S/C11H16B2O/c1-9(2)6-11-10(7-12-8-14)4-3-5-13-11/h3-5,8-9,12H,6-7H2,1-2H3. The van der Waals surface area contributed by atoms with Crippen LogP contribution in [0.3, 0.4) is 0 Å². The van der Waals surface area contributed by atoms with Crippen LogP contribution in [0.15, 0.2) is 18.1 Å². The molecule has 0 bridgehead atoms. The topological polar surface area (TPSA) is 17.1 Å². The van der Waals surface area contributed by atoms with Crippen LogP contribution in [0.1, 0.15) is 24.9 Å². The van der Waals surface area contributed by atoms with E-state index in [-0.39, 0.29) is 0 Å². The summed E-state index contributed by atoms with van der Waals surface area (Å²) in [6.07, 6.45) is 2.98. The summed E-state index contributed by atoms with van der Waals surface area (Å²) in [5.41, 5.74) is 2.72. The van der Waals surface area contributed by atoms with Gasteiger partial charge in [-0.05, 0) is 0 Å². The normalized spacial score (nSPS) is 9.93. The van der Waals surface area contributed by atoms with Crippen molar-refractivity contribution in [3.63, 3.8) is 0 Å². The molecule has 1 heterocycles. The van der Waals surface area contributed by atoms with Gasteiger partial charge < -0.3 is 0 Å². The Hall–Kier alpha value is -0.850. The molecule has 0 aliphatic rings. The predicted molar refractivity (Wildman–Crippen MR) is 63.9 cm³/mol. The van der Waals surface area contributed by atoms with E-state index in [9.17, 15) is 4.79 Å². The summed E-state index contributed by atoms with van der Waals surface area (Å²) < 4.78 is 0. The van der Waals surface area contributed by atoms with E-state index in [1.165, 1.54) is 11.0 Å². The van der Waals surface area contributed by atoms with E-state index in [2.05, 4.69) is 32.8 Å². The van der Waals surface area contributed by atoms with Gasteiger partial charge in [0.15, 0.2) is 0 Å². The van der Waals surface area contributed by atoms with Gasteiger partial charge in [-0.25, -0.2) is 0 Å². The molecule has 0 amide bonds. The number of hydrogen-bond acceptors (Lipinski definition) is 1. The maximum atomic E-state index is 10.3. The molecular weight excluding hydrogens is 170 g/mol. The molecule has 0 unspecified atom stereocenters. The Kier molecular flexibility index (Phi) is 4.64. The monoisotopic (exact) mass is 186 g/mol. The molecule has 0 atom stereocenters. The summed E-state index contributed by atoms with van der Waals surface area (Å²) in [7, 11) is 0.634. The van der Waals surface area contributed by atoms with Crippen LogP contribution in [-0.2, 0) is 17.5 Å². The van der Waals surface area contributed by atoms with Gasteiger partial charge in [0.05, 0.1) is 0 Å². The minimum absolute atomic E-state index is 0.634. The minimum atomic E-state index is 0.634. The summed E-state index contributed by atoms with van der Waals surface area (Å²) in [5, 5.41) is 0. The predicted octanol–water partition coefficient (Wildman–Crippen LogP) is 1.35. The zero-order valence-corrected chi connectivity index (χ0v) is 8.99. The fraction of sp³-hybridized carbons (Fsp3) is 0.455. The van der Waals surface area contributed by atoms with Crippen LogP contribution in [0.25, 0.3) is 0 Å². The van der Waals surface area contributed by atoms with Crippen molar-refractivity contribution in [2.75, 3.05) is 0 Å². The first-order valence-corrected chi connectivity index (χ1v) is 5.24. The third-order valence-electron chi connectivity index (χ3n) is 2.28. The van der Waals surface area contributed by atoms with Crippen LogP contribution in [0.5, 0.6) is 0 Å². The Morgan fingerprint density at radius 3 is 3.00 bits per heavy atom. The van der Waals surface area contributed by atoms with Gasteiger partial charge in [0.2, 0.25) is 0 Å². The molecule has 0 saturated carbocycles. The Balaban J connectivity index is 2.74. The van der Waals surface area contributed by atoms with Gasteiger partial charge in [0.25, 0.3) is 0 Å². The maximum absolute atomic E-state index is 10.3. The van der Waals surface area contributed by atoms with Gasteiger partial charge in [-0.1, -0.05) is 0 Å². The summed E-state index contributed by atoms with van der Waals surface area (Å²) >= 11 is 0. The zero-order valence-electron chi connectivity index (χ0n) is 8.99. The molecule has 3 heteroatoms. The van der Waals surface area contributed by atoms with Crippen molar-refractivity contribution in [2.45, 2.75) is 26.6 Å². The summed E-state index contributed by atoms with van der Waals surface area (Å²) in [4.78, 5) is 10.3. The van der Waals surface area contributed by atoms with Crippen molar-refractivity contribution in [3.8, 4) is 0 Å². The molecule has 0 saturated heterocycles. The van der Waals surface area contributed by atoms with Crippen LogP contribution in [0.4, 0.5) is 0 Å². The molecule has 72 valence electrons. The average molecular weight is 186 g/mol. The third-order valence-corrected chi connectivity index (χ3v) is 2.28. The van der Waals surface area contributed by atoms with Crippen molar-refractivity contribution in [1.82, 2.24) is 0 Å². The number of hydrogen-bond donors (Lipinski definition) is 0. The van der Waals surface area contributed by atoms with Crippen LogP contribution >= 0.6 is 0 Å². The molecule has 0 N–H and O–H groups in total. The van der Waals surface area contributed by atoms with E-state index in [0.29, 0.717) is 13.2 Å². The first kappa shape index (κ1) is 11.2. The van der Waals surface area contributed by atoms with Gasteiger partial charge in [-0.15, -0.1) is 0 Å². The van der Waals surface area contributed by atoms with Crippen molar-refractivity contribution in [1.29, 1.82) is 0 Å². The van der Waals surface area contributed by atoms with Gasteiger partial charge in [-0.2, -0.15) is 0 Å². The van der Waals surface area contributed by atoms with Crippen molar-refractivity contribution in [2.24, 2.45) is 5.92 Å². The average Bonchev–Trinajstić information content (AvgIpc) is 2.16. The van der Waals surface area contributed by atoms with Crippen LogP contribution in [-0.4, -0.2) is 20.4 Å². The second-order valence-electron chi connectivity index (χ2n) is 4.07. The SMILES string of the molecule is CC(C)Cc1bcccc1CBC=O. The molecule has 14 heavy (non-hydrogen) atoms. The molecule has 1 nitrogen and oxygen atoms in total. The molecule has 0 spiro atoms. The third kappa shape index (κ3) is 3.49. The van der Waals surface area contributed by atoms with Gasteiger partial charge in [0.1, 0.15) is 0 Å². The molecular formula is C11H16B2O. The Morgan fingerprint density at radius 2 is 2.36 bits per heavy atom. The number of rotatable bonds is 5. The second-order valence-corrected chi connectivity index (χ2v) is 4.07. The van der Waals surface area contributed by atoms with Crippen LogP contribution in [0, 0.1) is 5.92 Å². The van der Waals surface area contributed by atoms with Crippen LogP contribution < -0.4 is 0 Å². The summed E-state index contributed by atoms with van der Waals surface area (Å²) in [5.74, 6) is 2.75. The Labute approximate surface area is 87.4 Å². The second kappa shape index (κ2) is 5.79. The number of carbonyl (C=O) groups excluding carboxylic acids is 1. The van der Waals surface area contributed by atoms with Gasteiger partial charge in [0, 0.05) is 0 Å². The molecule has 1 rings (SSSR count). The first-order valence-electron chi connectivity index (χ1n) is 5.24. The molecule has 0 aromatic carbocycles. The zero-order chi connectivity index (χ0) is 10.4. The summed E-state index contributed by atoms with van der Waals surface area (Å²) in [6.45, 7) is 6.60. The fourth-order valence-corrected chi connectivity index (χ4v) is 1.65. The fourth-order valence-electron chi connectivity index (χ4n) is 1.65. The van der Waals surface area contributed by atoms with E-state index in [1.807, 2.05) is 6.07 Å². The van der Waals surface area contributed by atoms with Gasteiger partial charge in [-0.3, -0.25) is 0 Å². The summed E-state index contributed by atoms with van der Waals surface area (Å²) in [6, 6.07) is 4.17. The quantitative estimate of drug-likeness (QED) is 0.500. The van der Waals surface area contributed by atoms with Crippen molar-refractivity contribution in [3.05, 3.63) is 29.1 Å². The molecule has 0 radical (unpaired) electrons. The molecule has 1 aromatic heterocycles. The Bertz CT molecular complexity index is 297. The molecule has 0 aliphatic heterocycles. The van der Waals surface area contributed by atoms with E-state index >= 15 is 0 Å². The molecule has 0 aliphatic carbocycles. The number of carbonyl (C=O) groups is 1. The molecule has 0 fully saturated rings. The van der Waals surface area contributed by atoms with Crippen LogP contribution in [0.2, 0.25) is 0 Å². The Morgan fingerprint density at radius 1 is 1.57 bits per heavy atom.